The molecule has 32 heavy (non-hydrogen) atoms. The first kappa shape index (κ1) is 25.7. The molecule has 1 aromatic rings. The van der Waals surface area contributed by atoms with Crippen LogP contribution in [0.15, 0.2) is 72.5 Å². The predicted molar refractivity (Wildman–Crippen MR) is 138 cm³/mol. The van der Waals surface area contributed by atoms with Crippen LogP contribution in [0.1, 0.15) is 34.8 Å². The molecule has 0 fully saturated rings. The Morgan fingerprint density at radius 1 is 1.09 bits per heavy atom. The van der Waals surface area contributed by atoms with Crippen molar-refractivity contribution in [3.63, 3.8) is 0 Å². The number of hydrogen-bond acceptors (Lipinski definition) is 3. The lowest BCUT2D eigenvalue weighted by Crippen LogP contribution is -2.39. The Morgan fingerprint density at radius 2 is 1.84 bits per heavy atom. The zero-order chi connectivity index (χ0) is 23.5. The van der Waals surface area contributed by atoms with Crippen molar-refractivity contribution in [3.05, 3.63) is 89.2 Å². The SMILES string of the molecule is C=C(/C=C\C=C/C)c1ccc(C(=O)N2CC/C=C/C=C(/Cl)N(C)CCN(C)CC2)cc1C. The normalized spacial score (nSPS) is 19.8. The molecule has 0 bridgehead atoms. The fraction of sp³-hybridized carbons (Fsp3) is 0.370. The molecule has 2 rings (SSSR count). The summed E-state index contributed by atoms with van der Waals surface area (Å²) in [6, 6.07) is 5.89. The van der Waals surface area contributed by atoms with Gasteiger partial charge in [0.05, 0.1) is 0 Å². The number of aryl methyl sites for hydroxylation is 1. The van der Waals surface area contributed by atoms with Crippen LogP contribution >= 0.6 is 11.6 Å². The van der Waals surface area contributed by atoms with Crippen molar-refractivity contribution in [1.82, 2.24) is 14.7 Å². The zero-order valence-electron chi connectivity index (χ0n) is 19.9. The summed E-state index contributed by atoms with van der Waals surface area (Å²) in [6.45, 7) is 12.1. The molecule has 0 radical (unpaired) electrons. The van der Waals surface area contributed by atoms with E-state index < -0.39 is 0 Å². The molecule has 1 amide bonds. The average Bonchev–Trinajstić information content (AvgIpc) is 2.79. The number of rotatable bonds is 4. The van der Waals surface area contributed by atoms with Gasteiger partial charge in [-0.15, -0.1) is 0 Å². The largest absolute Gasteiger partial charge is 0.364 e. The van der Waals surface area contributed by atoms with Gasteiger partial charge in [0.1, 0.15) is 5.16 Å². The summed E-state index contributed by atoms with van der Waals surface area (Å²) in [4.78, 5) is 19.6. The number of carbonyl (C=O) groups is 1. The van der Waals surface area contributed by atoms with Crippen molar-refractivity contribution in [1.29, 1.82) is 0 Å². The maximum Gasteiger partial charge on any atom is 0.253 e. The smallest absolute Gasteiger partial charge is 0.253 e. The van der Waals surface area contributed by atoms with Crippen LogP contribution in [0.5, 0.6) is 0 Å². The van der Waals surface area contributed by atoms with Crippen molar-refractivity contribution in [2.24, 2.45) is 0 Å². The number of carbonyl (C=O) groups excluding carboxylic acids is 1. The molecule has 0 atom stereocenters. The van der Waals surface area contributed by atoms with E-state index in [9.17, 15) is 4.79 Å². The van der Waals surface area contributed by atoms with Crippen LogP contribution in [0.25, 0.3) is 5.57 Å². The van der Waals surface area contributed by atoms with Gasteiger partial charge < -0.3 is 14.7 Å². The molecule has 1 aliphatic rings. The topological polar surface area (TPSA) is 26.8 Å². The van der Waals surface area contributed by atoms with E-state index in [4.69, 9.17) is 11.6 Å². The zero-order valence-corrected chi connectivity index (χ0v) is 20.6. The van der Waals surface area contributed by atoms with Crippen LogP contribution in [0.3, 0.4) is 0 Å². The number of allylic oxidation sites excluding steroid dienone is 7. The maximum absolute atomic E-state index is 13.3. The minimum Gasteiger partial charge on any atom is -0.364 e. The molecule has 0 N–H and O–H groups in total. The molecule has 0 saturated heterocycles. The standard InChI is InChI=1S/C27H36ClN3O/c1-6-7-9-12-22(2)25-15-14-24(21-23(25)3)27(32)31-16-11-8-10-13-26(28)30(5)19-17-29(4)18-20-31/h6-10,12-15,21H,2,11,16-20H2,1,3-5H3/b7-6-,10-8+,12-9-,26-13-. The third kappa shape index (κ3) is 7.85. The quantitative estimate of drug-likeness (QED) is 0.445. The second-order valence-corrected chi connectivity index (χ2v) is 8.55. The van der Waals surface area contributed by atoms with Crippen LogP contribution in [-0.4, -0.2) is 67.4 Å². The van der Waals surface area contributed by atoms with Crippen LogP contribution in [0.2, 0.25) is 0 Å². The van der Waals surface area contributed by atoms with Crippen LogP contribution in [0, 0.1) is 6.92 Å². The minimum atomic E-state index is 0.0667. The third-order valence-electron chi connectivity index (χ3n) is 5.58. The van der Waals surface area contributed by atoms with E-state index in [1.807, 2.05) is 85.4 Å². The van der Waals surface area contributed by atoms with Gasteiger partial charge in [0.2, 0.25) is 0 Å². The minimum absolute atomic E-state index is 0.0667. The van der Waals surface area contributed by atoms with Gasteiger partial charge in [0.15, 0.2) is 0 Å². The van der Waals surface area contributed by atoms with Crippen molar-refractivity contribution >= 4 is 23.1 Å². The summed E-state index contributed by atoms with van der Waals surface area (Å²) in [6.07, 6.45) is 14.6. The molecular weight excluding hydrogens is 418 g/mol. The molecule has 0 unspecified atom stereocenters. The predicted octanol–water partition coefficient (Wildman–Crippen LogP) is 5.49. The third-order valence-corrected chi connectivity index (χ3v) is 5.99. The number of hydrogen-bond donors (Lipinski definition) is 0. The highest BCUT2D eigenvalue weighted by Crippen LogP contribution is 2.21. The number of likely N-dealkylation sites (N-methyl/N-ethyl adjacent to an activating group) is 2. The number of amides is 1. The van der Waals surface area contributed by atoms with Crippen molar-refractivity contribution in [2.75, 3.05) is 46.8 Å². The average molecular weight is 454 g/mol. The first-order chi connectivity index (χ1) is 15.3. The molecule has 0 spiro atoms. The monoisotopic (exact) mass is 453 g/mol. The first-order valence-corrected chi connectivity index (χ1v) is 11.5. The molecular formula is C27H36ClN3O. The molecule has 0 saturated carbocycles. The van der Waals surface area contributed by atoms with Gasteiger partial charge in [-0.1, -0.05) is 60.7 Å². The van der Waals surface area contributed by atoms with E-state index in [1.54, 1.807) is 0 Å². The highest BCUT2D eigenvalue weighted by Gasteiger charge is 2.17. The Labute approximate surface area is 198 Å². The highest BCUT2D eigenvalue weighted by atomic mass is 35.5. The first-order valence-electron chi connectivity index (χ1n) is 11.1. The Morgan fingerprint density at radius 3 is 2.56 bits per heavy atom. The number of nitrogens with zero attached hydrogens (tertiary/aromatic N) is 3. The number of benzene rings is 1. The van der Waals surface area contributed by atoms with E-state index >= 15 is 0 Å². The van der Waals surface area contributed by atoms with Crippen molar-refractivity contribution in [2.45, 2.75) is 20.3 Å². The molecule has 1 aliphatic heterocycles. The van der Waals surface area contributed by atoms with Crippen LogP contribution in [-0.2, 0) is 0 Å². The van der Waals surface area contributed by atoms with Gasteiger partial charge in [0, 0.05) is 45.3 Å². The fourth-order valence-electron chi connectivity index (χ4n) is 3.46. The lowest BCUT2D eigenvalue weighted by molar-refractivity contribution is 0.0742. The summed E-state index contributed by atoms with van der Waals surface area (Å²) >= 11 is 6.34. The molecule has 172 valence electrons. The summed E-state index contributed by atoms with van der Waals surface area (Å²) in [5, 5.41) is 0.722. The molecule has 1 aromatic carbocycles. The van der Waals surface area contributed by atoms with E-state index in [1.165, 1.54) is 0 Å². The van der Waals surface area contributed by atoms with E-state index in [0.29, 0.717) is 13.1 Å². The van der Waals surface area contributed by atoms with Gasteiger partial charge in [0.25, 0.3) is 5.91 Å². The van der Waals surface area contributed by atoms with Gasteiger partial charge >= 0.3 is 0 Å². The van der Waals surface area contributed by atoms with Gasteiger partial charge in [-0.25, -0.2) is 0 Å². The lowest BCUT2D eigenvalue weighted by Gasteiger charge is -2.27. The van der Waals surface area contributed by atoms with E-state index in [-0.39, 0.29) is 5.91 Å². The van der Waals surface area contributed by atoms with E-state index in [2.05, 4.69) is 24.6 Å². The summed E-state index contributed by atoms with van der Waals surface area (Å²) < 4.78 is 0. The Hall–Kier alpha value is -2.56. The van der Waals surface area contributed by atoms with Crippen molar-refractivity contribution < 1.29 is 4.79 Å². The van der Waals surface area contributed by atoms with E-state index in [0.717, 1.165) is 53.5 Å². The maximum atomic E-state index is 13.3. The molecule has 4 nitrogen and oxygen atoms in total. The molecule has 0 aliphatic carbocycles. The molecule has 5 heteroatoms. The van der Waals surface area contributed by atoms with Crippen LogP contribution < -0.4 is 0 Å². The highest BCUT2D eigenvalue weighted by molar-refractivity contribution is 6.29. The van der Waals surface area contributed by atoms with Crippen LogP contribution in [0.4, 0.5) is 0 Å². The lowest BCUT2D eigenvalue weighted by atomic mass is 9.98. The second-order valence-electron chi connectivity index (χ2n) is 8.16. The summed E-state index contributed by atoms with van der Waals surface area (Å²) in [5.41, 5.74) is 3.76. The number of halogens is 1. The summed E-state index contributed by atoms with van der Waals surface area (Å²) in [7, 11) is 4.07. The Kier molecular flexibility index (Phi) is 10.5. The molecule has 1 heterocycles. The Bertz CT molecular complexity index is 913. The summed E-state index contributed by atoms with van der Waals surface area (Å²) in [5.74, 6) is 0.0667. The Balaban J connectivity index is 2.16. The van der Waals surface area contributed by atoms with Gasteiger partial charge in [-0.05, 0) is 62.2 Å². The molecule has 0 aromatic heterocycles. The van der Waals surface area contributed by atoms with Gasteiger partial charge in [-0.3, -0.25) is 4.79 Å². The fourth-order valence-corrected chi connectivity index (χ4v) is 3.62. The second kappa shape index (κ2) is 13.1. The van der Waals surface area contributed by atoms with Gasteiger partial charge in [-0.2, -0.15) is 0 Å². The van der Waals surface area contributed by atoms with Crippen molar-refractivity contribution in [3.8, 4) is 0 Å².